The van der Waals surface area contributed by atoms with E-state index in [1.165, 1.54) is 19.3 Å². The number of aromatic hydroxyl groups is 1. The molecule has 1 amide bonds. The molecule has 0 radical (unpaired) electrons. The van der Waals surface area contributed by atoms with Gasteiger partial charge in [-0.2, -0.15) is 0 Å². The summed E-state index contributed by atoms with van der Waals surface area (Å²) in [4.78, 5) is 11.8. The van der Waals surface area contributed by atoms with Gasteiger partial charge in [0.25, 0.3) is 0 Å². The van der Waals surface area contributed by atoms with Crippen LogP contribution in [0.4, 0.5) is 0 Å². The van der Waals surface area contributed by atoms with Gasteiger partial charge in [0.2, 0.25) is 5.91 Å². The van der Waals surface area contributed by atoms with E-state index in [1.807, 2.05) is 12.1 Å². The molecule has 0 spiro atoms. The average Bonchev–Trinajstić information content (AvgIpc) is 2.53. The maximum Gasteiger partial charge on any atom is 0.244 e. The third-order valence-electron chi connectivity index (χ3n) is 3.01. The fourth-order valence-electron chi connectivity index (χ4n) is 1.83. The van der Waals surface area contributed by atoms with Gasteiger partial charge in [-0.05, 0) is 41.5 Å². The molecule has 0 aromatic heterocycles. The molecule has 0 saturated carbocycles. The van der Waals surface area contributed by atoms with Gasteiger partial charge in [-0.3, -0.25) is 4.79 Å². The van der Waals surface area contributed by atoms with Gasteiger partial charge >= 0.3 is 0 Å². The molecule has 0 fully saturated rings. The minimum absolute atomic E-state index is 0.0696. The number of ether oxygens (including phenoxy) is 1. The lowest BCUT2D eigenvalue weighted by atomic mass is 10.2. The van der Waals surface area contributed by atoms with Crippen molar-refractivity contribution in [3.8, 4) is 11.5 Å². The number of carbonyl (C=O) groups is 1. The van der Waals surface area contributed by atoms with Crippen molar-refractivity contribution < 1.29 is 14.6 Å². The highest BCUT2D eigenvalue weighted by atomic mass is 35.5. The Balaban J connectivity index is 1.91. The van der Waals surface area contributed by atoms with Crippen LogP contribution in [0.2, 0.25) is 5.02 Å². The van der Waals surface area contributed by atoms with Crippen molar-refractivity contribution in [3.05, 3.63) is 64.7 Å². The minimum atomic E-state index is -0.206. The zero-order valence-corrected chi connectivity index (χ0v) is 12.8. The lowest BCUT2D eigenvalue weighted by Crippen LogP contribution is -2.20. The second kappa shape index (κ2) is 7.52. The summed E-state index contributed by atoms with van der Waals surface area (Å²) < 4.78 is 5.02. The number of halogens is 1. The molecule has 4 nitrogen and oxygen atoms in total. The summed E-state index contributed by atoms with van der Waals surface area (Å²) in [7, 11) is 1.48. The van der Waals surface area contributed by atoms with E-state index in [4.69, 9.17) is 16.3 Å². The predicted molar refractivity (Wildman–Crippen MR) is 87.0 cm³/mol. The summed E-state index contributed by atoms with van der Waals surface area (Å²) in [5.41, 5.74) is 1.73. The average molecular weight is 318 g/mol. The zero-order valence-electron chi connectivity index (χ0n) is 12.0. The molecular formula is C17H16ClNO3. The molecule has 2 N–H and O–H groups in total. The van der Waals surface area contributed by atoms with Gasteiger partial charge in [0.05, 0.1) is 7.11 Å². The van der Waals surface area contributed by atoms with Crippen LogP contribution in [0.1, 0.15) is 11.1 Å². The number of phenols is 1. The highest BCUT2D eigenvalue weighted by Crippen LogP contribution is 2.26. The summed E-state index contributed by atoms with van der Waals surface area (Å²) >= 11 is 5.80. The van der Waals surface area contributed by atoms with Gasteiger partial charge < -0.3 is 15.2 Å². The monoisotopic (exact) mass is 317 g/mol. The smallest absolute Gasteiger partial charge is 0.244 e. The maximum absolute atomic E-state index is 11.8. The Labute approximate surface area is 134 Å². The third kappa shape index (κ3) is 4.53. The summed E-state index contributed by atoms with van der Waals surface area (Å²) in [5.74, 6) is 0.241. The van der Waals surface area contributed by atoms with Gasteiger partial charge in [0.15, 0.2) is 11.5 Å². The normalized spacial score (nSPS) is 10.6. The van der Waals surface area contributed by atoms with Crippen molar-refractivity contribution in [2.45, 2.75) is 6.54 Å². The van der Waals surface area contributed by atoms with E-state index < -0.39 is 0 Å². The Hall–Kier alpha value is -2.46. The highest BCUT2D eigenvalue weighted by molar-refractivity contribution is 6.30. The molecule has 2 aromatic rings. The SMILES string of the molecule is COc1cc(CNC(=O)/C=C/c2ccc(Cl)cc2)ccc1O. The lowest BCUT2D eigenvalue weighted by molar-refractivity contribution is -0.116. The van der Waals surface area contributed by atoms with Crippen molar-refractivity contribution in [1.29, 1.82) is 0 Å². The van der Waals surface area contributed by atoms with Crippen molar-refractivity contribution in [2.24, 2.45) is 0 Å². The van der Waals surface area contributed by atoms with Gasteiger partial charge in [-0.25, -0.2) is 0 Å². The molecule has 0 atom stereocenters. The fourth-order valence-corrected chi connectivity index (χ4v) is 1.95. The van der Waals surface area contributed by atoms with Crippen LogP contribution >= 0.6 is 11.6 Å². The topological polar surface area (TPSA) is 58.6 Å². The van der Waals surface area contributed by atoms with Crippen LogP contribution in [0.5, 0.6) is 11.5 Å². The van der Waals surface area contributed by atoms with Crippen molar-refractivity contribution in [1.82, 2.24) is 5.32 Å². The highest BCUT2D eigenvalue weighted by Gasteiger charge is 2.03. The van der Waals surface area contributed by atoms with E-state index in [0.717, 1.165) is 11.1 Å². The number of hydrogen-bond donors (Lipinski definition) is 2. The molecule has 0 unspecified atom stereocenters. The molecule has 0 aliphatic carbocycles. The second-order valence-electron chi connectivity index (χ2n) is 4.61. The van der Waals surface area contributed by atoms with Crippen LogP contribution in [0, 0.1) is 0 Å². The van der Waals surface area contributed by atoms with Crippen LogP contribution in [0.15, 0.2) is 48.5 Å². The van der Waals surface area contributed by atoms with Gasteiger partial charge in [0, 0.05) is 17.6 Å². The summed E-state index contributed by atoms with van der Waals surface area (Å²) in [5, 5.41) is 12.9. The van der Waals surface area contributed by atoms with Crippen molar-refractivity contribution >= 4 is 23.6 Å². The first-order valence-corrected chi connectivity index (χ1v) is 7.03. The van der Waals surface area contributed by atoms with E-state index in [2.05, 4.69) is 5.32 Å². The molecule has 2 aromatic carbocycles. The van der Waals surface area contributed by atoms with Crippen LogP contribution in [-0.4, -0.2) is 18.1 Å². The Morgan fingerprint density at radius 2 is 2.00 bits per heavy atom. The minimum Gasteiger partial charge on any atom is -0.504 e. The zero-order chi connectivity index (χ0) is 15.9. The van der Waals surface area contributed by atoms with Crippen LogP contribution in [0.25, 0.3) is 6.08 Å². The first-order valence-electron chi connectivity index (χ1n) is 6.66. The van der Waals surface area contributed by atoms with E-state index in [9.17, 15) is 9.90 Å². The molecule has 0 aliphatic rings. The Morgan fingerprint density at radius 3 is 2.68 bits per heavy atom. The first-order chi connectivity index (χ1) is 10.6. The fraction of sp³-hybridized carbons (Fsp3) is 0.118. The first kappa shape index (κ1) is 15.9. The van der Waals surface area contributed by atoms with Crippen molar-refractivity contribution in [3.63, 3.8) is 0 Å². The van der Waals surface area contributed by atoms with E-state index >= 15 is 0 Å². The lowest BCUT2D eigenvalue weighted by Gasteiger charge is -2.07. The molecule has 114 valence electrons. The van der Waals surface area contributed by atoms with Crippen LogP contribution in [0.3, 0.4) is 0 Å². The van der Waals surface area contributed by atoms with Crippen molar-refractivity contribution in [2.75, 3.05) is 7.11 Å². The maximum atomic E-state index is 11.8. The number of nitrogens with one attached hydrogen (secondary N) is 1. The summed E-state index contributed by atoms with van der Waals surface area (Å²) in [6, 6.07) is 12.1. The van der Waals surface area contributed by atoms with Crippen LogP contribution in [-0.2, 0) is 11.3 Å². The van der Waals surface area contributed by atoms with Gasteiger partial charge in [-0.15, -0.1) is 0 Å². The molecular weight excluding hydrogens is 302 g/mol. The predicted octanol–water partition coefficient (Wildman–Crippen LogP) is 3.38. The number of benzene rings is 2. The van der Waals surface area contributed by atoms with Gasteiger partial charge in [0.1, 0.15) is 0 Å². The standard InChI is InChI=1S/C17H16ClNO3/c1-22-16-10-13(4-8-15(16)20)11-19-17(21)9-5-12-2-6-14(18)7-3-12/h2-10,20H,11H2,1H3,(H,19,21)/b9-5+. The quantitative estimate of drug-likeness (QED) is 0.831. The van der Waals surface area contributed by atoms with E-state index in [1.54, 1.807) is 30.3 Å². The summed E-state index contributed by atoms with van der Waals surface area (Å²) in [6.45, 7) is 0.348. The summed E-state index contributed by atoms with van der Waals surface area (Å²) in [6.07, 6.45) is 3.17. The molecule has 2 rings (SSSR count). The molecule has 0 saturated heterocycles. The molecule has 0 aliphatic heterocycles. The number of phenolic OH excluding ortho intramolecular Hbond substituents is 1. The second-order valence-corrected chi connectivity index (χ2v) is 5.05. The number of hydrogen-bond acceptors (Lipinski definition) is 3. The van der Waals surface area contributed by atoms with Gasteiger partial charge in [-0.1, -0.05) is 29.8 Å². The Kier molecular flexibility index (Phi) is 5.44. The number of amides is 1. The largest absolute Gasteiger partial charge is 0.504 e. The Morgan fingerprint density at radius 1 is 1.27 bits per heavy atom. The third-order valence-corrected chi connectivity index (χ3v) is 3.26. The van der Waals surface area contributed by atoms with Crippen LogP contribution < -0.4 is 10.1 Å². The molecule has 0 bridgehead atoms. The molecule has 22 heavy (non-hydrogen) atoms. The molecule has 0 heterocycles. The number of methoxy groups -OCH3 is 1. The van der Waals surface area contributed by atoms with E-state index in [-0.39, 0.29) is 11.7 Å². The Bertz CT molecular complexity index is 681. The van der Waals surface area contributed by atoms with E-state index in [0.29, 0.717) is 17.3 Å². The molecule has 5 heteroatoms. The number of carbonyl (C=O) groups excluding carboxylic acids is 1. The number of rotatable bonds is 5.